The Morgan fingerprint density at radius 2 is 1.79 bits per heavy atom. The number of aldehydes is 1. The van der Waals surface area contributed by atoms with E-state index in [-0.39, 0.29) is 7.33 Å². The molecule has 1 amide bonds. The van der Waals surface area contributed by atoms with Gasteiger partial charge in [-0.25, -0.2) is 0 Å². The summed E-state index contributed by atoms with van der Waals surface area (Å²) in [5, 5.41) is 2.91. The van der Waals surface area contributed by atoms with Crippen LogP contribution in [0.1, 0.15) is 29.1 Å². The van der Waals surface area contributed by atoms with Crippen molar-refractivity contribution in [3.05, 3.63) is 0 Å². The Hall–Kier alpha value is -0.900. The molecule has 0 aromatic carbocycles. The van der Waals surface area contributed by atoms with Crippen molar-refractivity contribution in [2.24, 2.45) is 0 Å². The van der Waals surface area contributed by atoms with E-state index in [1.807, 2.05) is 0 Å². The Morgan fingerprint density at radius 3 is 2.07 bits per heavy atom. The minimum absolute atomic E-state index is 0. The van der Waals surface area contributed by atoms with Crippen molar-refractivity contribution in [3.63, 3.8) is 0 Å². The van der Waals surface area contributed by atoms with Gasteiger partial charge in [-0.2, -0.15) is 0 Å². The first kappa shape index (κ1) is 13.1. The molecule has 0 aliphatic heterocycles. The van der Waals surface area contributed by atoms with E-state index in [1.54, 1.807) is 41.8 Å². The van der Waals surface area contributed by atoms with Crippen LogP contribution in [0.3, 0.4) is 0 Å². The monoisotopic (exact) mass is 203 g/mol. The van der Waals surface area contributed by atoms with Gasteiger partial charge in [0.25, 0.3) is 0 Å². The maximum atomic E-state index is 11.9. The number of nitrogens with zero attached hydrogens (tertiary/aromatic N) is 1. The number of carbonyl (C=O) groups excluding carboxylic acids is 2. The van der Waals surface area contributed by atoms with E-state index in [2.05, 4.69) is 5.32 Å². The van der Waals surface area contributed by atoms with Gasteiger partial charge in [-0.15, -0.1) is 0 Å². The molecule has 0 heterocycles. The minimum Gasteiger partial charge on any atom is -0.332 e. The lowest BCUT2D eigenvalue weighted by Gasteiger charge is -2.36. The lowest BCUT2D eigenvalue weighted by Crippen LogP contribution is -2.57. The highest BCUT2D eigenvalue weighted by molar-refractivity contribution is 5.88. The molecular weight excluding hydrogens is 180 g/mol. The first-order chi connectivity index (χ1) is 6.19. The molecule has 0 saturated heterocycles. The number of hydrogen-bond donors (Lipinski definition) is 1. The maximum absolute atomic E-state index is 11.9. The fraction of sp³-hybridized carbons (Fsp3) is 0.800. The van der Waals surface area contributed by atoms with E-state index in [1.165, 1.54) is 4.90 Å². The molecule has 0 aliphatic rings. The summed E-state index contributed by atoms with van der Waals surface area (Å²) >= 11 is 0. The highest BCUT2D eigenvalue weighted by Crippen LogP contribution is 2.14. The lowest BCUT2D eigenvalue weighted by atomic mass is 9.99. The average Bonchev–Trinajstić information content (AvgIpc) is 2.15. The molecule has 84 valence electrons. The lowest BCUT2D eigenvalue weighted by molar-refractivity contribution is -0.143. The molecule has 0 rings (SSSR count). The van der Waals surface area contributed by atoms with Crippen molar-refractivity contribution >= 4 is 12.2 Å². The van der Waals surface area contributed by atoms with Crippen molar-refractivity contribution in [1.82, 2.24) is 10.2 Å². The summed E-state index contributed by atoms with van der Waals surface area (Å²) in [7, 11) is 3.36. The minimum atomic E-state index is -0.759. The molecular formula is C10H22N2O2. The fourth-order valence-electron chi connectivity index (χ4n) is 0.867. The van der Waals surface area contributed by atoms with Crippen LogP contribution in [-0.4, -0.2) is 42.3 Å². The highest BCUT2D eigenvalue weighted by Gasteiger charge is 2.35. The van der Waals surface area contributed by atoms with Gasteiger partial charge in [-0.1, -0.05) is 0 Å². The van der Waals surface area contributed by atoms with Crippen molar-refractivity contribution in [1.29, 1.82) is 0 Å². The molecule has 0 fully saturated rings. The summed E-state index contributed by atoms with van der Waals surface area (Å²) < 4.78 is 0. The van der Waals surface area contributed by atoms with Crippen molar-refractivity contribution in [2.75, 3.05) is 14.1 Å². The first-order valence-corrected chi connectivity index (χ1v) is 4.62. The number of hydrogen-bond acceptors (Lipinski definition) is 3. The Bertz CT molecular complexity index is 240. The van der Waals surface area contributed by atoms with E-state index in [4.69, 9.17) is 0 Å². The predicted molar refractivity (Wildman–Crippen MR) is 58.2 cm³/mol. The van der Waals surface area contributed by atoms with Gasteiger partial charge in [0.2, 0.25) is 5.91 Å². The number of amides is 1. The molecule has 0 spiro atoms. The van der Waals surface area contributed by atoms with Gasteiger partial charge in [0, 0.05) is 8.47 Å². The topological polar surface area (TPSA) is 49.4 Å². The van der Waals surface area contributed by atoms with Gasteiger partial charge in [-0.3, -0.25) is 4.79 Å². The van der Waals surface area contributed by atoms with Crippen LogP contribution in [0, 0.1) is 0 Å². The van der Waals surface area contributed by atoms with E-state index in [0.29, 0.717) is 0 Å². The van der Waals surface area contributed by atoms with Gasteiger partial charge < -0.3 is 15.0 Å². The summed E-state index contributed by atoms with van der Waals surface area (Å²) in [4.78, 5) is 24.1. The summed E-state index contributed by atoms with van der Waals surface area (Å²) in [6.45, 7) is 6.99. The van der Waals surface area contributed by atoms with Crippen LogP contribution in [-0.2, 0) is 9.59 Å². The first-order valence-electron chi connectivity index (χ1n) is 4.62. The molecule has 0 radical (unpaired) electrons. The zero-order chi connectivity index (χ0) is 11.6. The second kappa shape index (κ2) is 4.09. The number of nitrogens with one attached hydrogen (secondary N) is 1. The Kier molecular flexibility index (Phi) is 3.82. The third-order valence-corrected chi connectivity index (χ3v) is 2.62. The number of rotatable bonds is 4. The zero-order valence-corrected chi connectivity index (χ0v) is 9.84. The summed E-state index contributed by atoms with van der Waals surface area (Å²) in [5.74, 6) is -0.0999. The predicted octanol–water partition coefficient (Wildman–Crippen LogP) is 0.666. The smallest absolute Gasteiger partial charge is 0.242 e. The van der Waals surface area contributed by atoms with Crippen LogP contribution in [0.5, 0.6) is 0 Å². The van der Waals surface area contributed by atoms with Crippen molar-refractivity contribution in [3.8, 4) is 0 Å². The Morgan fingerprint density at radius 1 is 1.36 bits per heavy atom. The fourth-order valence-corrected chi connectivity index (χ4v) is 0.867. The second-order valence-corrected chi connectivity index (χ2v) is 4.51. The SMILES string of the molecule is CNC(C)(C)C(=O)N(C)C(C)(C)C=O.[2HH]. The van der Waals surface area contributed by atoms with Crippen LogP contribution >= 0.6 is 0 Å². The van der Waals surface area contributed by atoms with Gasteiger partial charge >= 0.3 is 0 Å². The molecule has 0 aromatic rings. The van der Waals surface area contributed by atoms with E-state index >= 15 is 0 Å². The van der Waals surface area contributed by atoms with E-state index in [9.17, 15) is 9.59 Å². The highest BCUT2D eigenvalue weighted by atomic mass is 16.2. The molecule has 0 aliphatic carbocycles. The summed E-state index contributed by atoms with van der Waals surface area (Å²) in [6, 6.07) is 0. The molecule has 0 aromatic heterocycles. The number of likely N-dealkylation sites (N-methyl/N-ethyl adjacent to an activating group) is 2. The van der Waals surface area contributed by atoms with Crippen molar-refractivity contribution < 1.29 is 11.0 Å². The van der Waals surface area contributed by atoms with Gasteiger partial charge in [0.15, 0.2) is 0 Å². The molecule has 1 N–H and O–H groups in total. The third kappa shape index (κ3) is 2.54. The van der Waals surface area contributed by atoms with Crippen LogP contribution < -0.4 is 5.32 Å². The molecule has 4 heteroatoms. The summed E-state index contributed by atoms with van der Waals surface area (Å²) in [5.41, 5.74) is -1.40. The summed E-state index contributed by atoms with van der Waals surface area (Å²) in [6.07, 6.45) is 0.774. The van der Waals surface area contributed by atoms with Gasteiger partial charge in [0.05, 0.1) is 11.1 Å². The standard InChI is InChI=1S/C10H20N2O2.H2/c1-9(2,7-13)12(6)8(14)10(3,4)11-5;/h7,11H,1-6H3;1H/i;1+1. The molecule has 14 heavy (non-hydrogen) atoms. The second-order valence-electron chi connectivity index (χ2n) is 4.51. The molecule has 0 bridgehead atoms. The molecule has 0 atom stereocenters. The molecule has 0 unspecified atom stereocenters. The Balaban J connectivity index is 0. The van der Waals surface area contributed by atoms with Gasteiger partial charge in [0.1, 0.15) is 6.29 Å². The quantitative estimate of drug-likeness (QED) is 0.683. The van der Waals surface area contributed by atoms with E-state index < -0.39 is 11.1 Å². The zero-order valence-electron chi connectivity index (χ0n) is 9.84. The van der Waals surface area contributed by atoms with Crippen molar-refractivity contribution in [2.45, 2.75) is 38.8 Å². The third-order valence-electron chi connectivity index (χ3n) is 2.62. The van der Waals surface area contributed by atoms with E-state index in [0.717, 1.165) is 6.29 Å². The largest absolute Gasteiger partial charge is 0.332 e. The normalized spacial score (nSPS) is 12.4. The van der Waals surface area contributed by atoms with Crippen LogP contribution in [0.4, 0.5) is 0 Å². The van der Waals surface area contributed by atoms with Gasteiger partial charge in [-0.05, 0) is 34.7 Å². The van der Waals surface area contributed by atoms with Crippen LogP contribution in [0.2, 0.25) is 0 Å². The Labute approximate surface area is 87.1 Å². The molecule has 4 nitrogen and oxygen atoms in total. The van der Waals surface area contributed by atoms with Crippen LogP contribution in [0.25, 0.3) is 0 Å². The number of carbonyl (C=O) groups is 2. The van der Waals surface area contributed by atoms with Crippen LogP contribution in [0.15, 0.2) is 0 Å². The maximum Gasteiger partial charge on any atom is 0.242 e. The molecule has 0 saturated carbocycles. The average molecular weight is 203 g/mol.